The molecule has 2 heteroatoms. The molecule has 1 aliphatic heterocycles. The highest BCUT2D eigenvalue weighted by molar-refractivity contribution is 5.44. The van der Waals surface area contributed by atoms with E-state index in [9.17, 15) is 0 Å². The Bertz CT molecular complexity index is 273. The summed E-state index contributed by atoms with van der Waals surface area (Å²) in [5.74, 6) is 0. The number of hydrogen-bond donors (Lipinski definition) is 2. The topological polar surface area (TPSA) is 24.1 Å². The van der Waals surface area contributed by atoms with E-state index < -0.39 is 0 Å². The second-order valence-electron chi connectivity index (χ2n) is 3.87. The maximum Gasteiger partial charge on any atom is 0.0337 e. The van der Waals surface area contributed by atoms with Gasteiger partial charge < -0.3 is 10.6 Å². The lowest BCUT2D eigenvalue weighted by molar-refractivity contribution is 0.412. The highest BCUT2D eigenvalue weighted by Crippen LogP contribution is 2.23. The van der Waals surface area contributed by atoms with E-state index in [2.05, 4.69) is 34.9 Å². The van der Waals surface area contributed by atoms with E-state index in [1.165, 1.54) is 37.1 Å². The Hall–Kier alpha value is -1.02. The van der Waals surface area contributed by atoms with Crippen molar-refractivity contribution < 1.29 is 0 Å². The predicted octanol–water partition coefficient (Wildman–Crippen LogP) is 2.54. The van der Waals surface area contributed by atoms with Gasteiger partial charge in [0.25, 0.3) is 0 Å². The van der Waals surface area contributed by atoms with Gasteiger partial charge in [0, 0.05) is 18.8 Å². The van der Waals surface area contributed by atoms with Gasteiger partial charge in [0.05, 0.1) is 0 Å². The summed E-state index contributed by atoms with van der Waals surface area (Å²) in [7, 11) is 1.95. The number of rotatable bonds is 2. The largest absolute Gasteiger partial charge is 0.388 e. The third-order valence-corrected chi connectivity index (χ3v) is 2.91. The summed E-state index contributed by atoms with van der Waals surface area (Å²) in [6.07, 6.45) is 3.95. The van der Waals surface area contributed by atoms with E-state index in [4.69, 9.17) is 0 Å². The van der Waals surface area contributed by atoms with Crippen LogP contribution in [0.2, 0.25) is 0 Å². The Morgan fingerprint density at radius 2 is 2.00 bits per heavy atom. The summed E-state index contributed by atoms with van der Waals surface area (Å²) in [5.41, 5.74) is 2.60. The Kier molecular flexibility index (Phi) is 3.04. The molecule has 1 fully saturated rings. The van der Waals surface area contributed by atoms with Crippen LogP contribution in [0.1, 0.15) is 30.9 Å². The molecule has 2 N–H and O–H groups in total. The summed E-state index contributed by atoms with van der Waals surface area (Å²) in [6.45, 7) is 1.17. The van der Waals surface area contributed by atoms with Crippen molar-refractivity contribution in [3.8, 4) is 0 Å². The molecule has 0 radical (unpaired) electrons. The molecule has 14 heavy (non-hydrogen) atoms. The van der Waals surface area contributed by atoms with Gasteiger partial charge in [0.2, 0.25) is 0 Å². The molecule has 0 aromatic heterocycles. The number of piperidine rings is 1. The smallest absolute Gasteiger partial charge is 0.0337 e. The third-order valence-electron chi connectivity index (χ3n) is 2.91. The first-order valence-corrected chi connectivity index (χ1v) is 5.41. The summed E-state index contributed by atoms with van der Waals surface area (Å²) < 4.78 is 0. The van der Waals surface area contributed by atoms with Crippen LogP contribution >= 0.6 is 0 Å². The molecule has 2 rings (SSSR count). The normalized spacial score (nSPS) is 21.9. The van der Waals surface area contributed by atoms with Crippen molar-refractivity contribution in [2.24, 2.45) is 0 Å². The summed E-state index contributed by atoms with van der Waals surface area (Å²) in [6, 6.07) is 9.30. The van der Waals surface area contributed by atoms with E-state index in [0.29, 0.717) is 6.04 Å². The number of nitrogens with one attached hydrogen (secondary N) is 2. The van der Waals surface area contributed by atoms with Crippen LogP contribution in [0, 0.1) is 0 Å². The van der Waals surface area contributed by atoms with Crippen LogP contribution in [0.4, 0.5) is 5.69 Å². The van der Waals surface area contributed by atoms with Crippen molar-refractivity contribution in [1.29, 1.82) is 0 Å². The Morgan fingerprint density at radius 1 is 1.21 bits per heavy atom. The molecular formula is C12H18N2. The molecule has 0 aliphatic carbocycles. The fraction of sp³-hybridized carbons (Fsp3) is 0.500. The van der Waals surface area contributed by atoms with Crippen molar-refractivity contribution in [2.45, 2.75) is 25.3 Å². The predicted molar refractivity (Wildman–Crippen MR) is 60.6 cm³/mol. The van der Waals surface area contributed by atoms with Gasteiger partial charge in [-0.05, 0) is 37.1 Å². The molecule has 2 nitrogen and oxygen atoms in total. The number of anilines is 1. The van der Waals surface area contributed by atoms with Gasteiger partial charge in [0.15, 0.2) is 0 Å². The van der Waals surface area contributed by atoms with E-state index in [-0.39, 0.29) is 0 Å². The number of benzene rings is 1. The Labute approximate surface area is 85.7 Å². The molecule has 0 spiro atoms. The van der Waals surface area contributed by atoms with Gasteiger partial charge in [-0.2, -0.15) is 0 Å². The van der Waals surface area contributed by atoms with Crippen LogP contribution in [0.3, 0.4) is 0 Å². The van der Waals surface area contributed by atoms with Crippen LogP contribution in [0.5, 0.6) is 0 Å². The highest BCUT2D eigenvalue weighted by atomic mass is 14.9. The molecule has 0 saturated carbocycles. The zero-order valence-electron chi connectivity index (χ0n) is 8.72. The lowest BCUT2D eigenvalue weighted by atomic mass is 9.97. The van der Waals surface area contributed by atoms with Crippen molar-refractivity contribution in [2.75, 3.05) is 18.9 Å². The molecule has 1 aliphatic rings. The summed E-state index contributed by atoms with van der Waals surface area (Å²) >= 11 is 0. The van der Waals surface area contributed by atoms with Gasteiger partial charge in [0.1, 0.15) is 0 Å². The molecule has 1 aromatic rings. The van der Waals surface area contributed by atoms with E-state index >= 15 is 0 Å². The van der Waals surface area contributed by atoms with Gasteiger partial charge in [-0.3, -0.25) is 0 Å². The molecule has 0 bridgehead atoms. The van der Waals surface area contributed by atoms with E-state index in [0.717, 1.165) is 0 Å². The molecule has 0 amide bonds. The highest BCUT2D eigenvalue weighted by Gasteiger charge is 2.13. The van der Waals surface area contributed by atoms with Crippen LogP contribution in [0.15, 0.2) is 24.3 Å². The minimum atomic E-state index is 0.578. The van der Waals surface area contributed by atoms with Crippen LogP contribution in [0.25, 0.3) is 0 Å². The molecule has 1 saturated heterocycles. The molecule has 1 aromatic carbocycles. The fourth-order valence-corrected chi connectivity index (χ4v) is 2.02. The standard InChI is InChI=1S/C12H18N2/c1-13-11-7-5-10(6-8-11)12-4-2-3-9-14-12/h5-8,12-14H,2-4,9H2,1H3. The van der Waals surface area contributed by atoms with Gasteiger partial charge in [-0.15, -0.1) is 0 Å². The molecule has 76 valence electrons. The first kappa shape index (κ1) is 9.53. The second kappa shape index (κ2) is 4.47. The summed E-state index contributed by atoms with van der Waals surface area (Å²) in [4.78, 5) is 0. The van der Waals surface area contributed by atoms with Crippen LogP contribution in [-0.2, 0) is 0 Å². The third kappa shape index (κ3) is 2.07. The molecule has 1 atom stereocenters. The zero-order valence-corrected chi connectivity index (χ0v) is 8.72. The van der Waals surface area contributed by atoms with Crippen molar-refractivity contribution in [3.63, 3.8) is 0 Å². The minimum Gasteiger partial charge on any atom is -0.388 e. The molecular weight excluding hydrogens is 172 g/mol. The Morgan fingerprint density at radius 3 is 2.57 bits per heavy atom. The quantitative estimate of drug-likeness (QED) is 0.749. The minimum absolute atomic E-state index is 0.578. The fourth-order valence-electron chi connectivity index (χ4n) is 2.02. The zero-order chi connectivity index (χ0) is 9.80. The van der Waals surface area contributed by atoms with Crippen molar-refractivity contribution in [1.82, 2.24) is 5.32 Å². The summed E-state index contributed by atoms with van der Waals surface area (Å²) in [5, 5.41) is 6.69. The van der Waals surface area contributed by atoms with Crippen molar-refractivity contribution >= 4 is 5.69 Å². The van der Waals surface area contributed by atoms with Gasteiger partial charge in [-0.1, -0.05) is 18.6 Å². The van der Waals surface area contributed by atoms with E-state index in [1.54, 1.807) is 0 Å². The average molecular weight is 190 g/mol. The maximum absolute atomic E-state index is 3.55. The molecule has 1 unspecified atom stereocenters. The maximum atomic E-state index is 3.55. The van der Waals surface area contributed by atoms with Gasteiger partial charge in [-0.25, -0.2) is 0 Å². The van der Waals surface area contributed by atoms with Crippen LogP contribution < -0.4 is 10.6 Å². The lowest BCUT2D eigenvalue weighted by Crippen LogP contribution is -2.26. The average Bonchev–Trinajstić information content (AvgIpc) is 2.30. The van der Waals surface area contributed by atoms with Crippen LogP contribution in [-0.4, -0.2) is 13.6 Å². The first-order chi connectivity index (χ1) is 6.90. The first-order valence-electron chi connectivity index (χ1n) is 5.41. The second-order valence-corrected chi connectivity index (χ2v) is 3.87. The van der Waals surface area contributed by atoms with Crippen molar-refractivity contribution in [3.05, 3.63) is 29.8 Å². The Balaban J connectivity index is 2.07. The monoisotopic (exact) mass is 190 g/mol. The van der Waals surface area contributed by atoms with E-state index in [1.807, 2.05) is 7.05 Å². The van der Waals surface area contributed by atoms with Gasteiger partial charge >= 0.3 is 0 Å². The SMILES string of the molecule is CNc1ccc(C2CCCCN2)cc1. The lowest BCUT2D eigenvalue weighted by Gasteiger charge is -2.23. The molecule has 1 heterocycles. The number of hydrogen-bond acceptors (Lipinski definition) is 2.